The molecule has 100 valence electrons. The number of aromatic hydroxyl groups is 1. The molecule has 0 aliphatic carbocycles. The van der Waals surface area contributed by atoms with Crippen LogP contribution in [0.25, 0.3) is 43.6 Å². The molecule has 0 aliphatic rings. The van der Waals surface area contributed by atoms with E-state index < -0.39 is 0 Å². The number of fused-ring (bicyclic) bond motifs is 6. The Hall–Kier alpha value is -2.94. The molecule has 3 nitrogen and oxygen atoms in total. The number of nitrogens with one attached hydrogen (secondary N) is 2. The number of aromatic amines is 2. The summed E-state index contributed by atoms with van der Waals surface area (Å²) < 4.78 is 0. The van der Waals surface area contributed by atoms with Gasteiger partial charge in [-0.1, -0.05) is 18.2 Å². The number of hydrogen-bond acceptors (Lipinski definition) is 1. The van der Waals surface area contributed by atoms with Crippen LogP contribution in [0.2, 0.25) is 0 Å². The minimum atomic E-state index is 0.292. The predicted molar refractivity (Wildman–Crippen MR) is 86.8 cm³/mol. The predicted octanol–water partition coefficient (Wildman–Crippen LogP) is 4.66. The fraction of sp³-hybridized carbons (Fsp3) is 0. The zero-order valence-corrected chi connectivity index (χ0v) is 11.1. The number of hydrogen-bond donors (Lipinski definition) is 3. The number of para-hydroxylation sites is 1. The Labute approximate surface area is 119 Å². The van der Waals surface area contributed by atoms with Crippen molar-refractivity contribution in [2.24, 2.45) is 0 Å². The van der Waals surface area contributed by atoms with Gasteiger partial charge in [-0.05, 0) is 36.4 Å². The summed E-state index contributed by atoms with van der Waals surface area (Å²) in [7, 11) is 0. The van der Waals surface area contributed by atoms with Crippen LogP contribution in [0.15, 0.2) is 54.6 Å². The minimum Gasteiger partial charge on any atom is -0.508 e. The van der Waals surface area contributed by atoms with E-state index in [2.05, 4.69) is 40.3 Å². The lowest BCUT2D eigenvalue weighted by Crippen LogP contribution is -1.70. The summed E-state index contributed by atoms with van der Waals surface area (Å²) in [6, 6.07) is 18.1. The topological polar surface area (TPSA) is 51.8 Å². The number of phenolic OH excluding ortho intramolecular Hbond substituents is 1. The SMILES string of the molecule is Oc1ccc2[nH]c3cc4c(cc3c2c1)[nH]c1ccccc14. The molecule has 3 aromatic carbocycles. The smallest absolute Gasteiger partial charge is 0.116 e. The fourth-order valence-electron chi connectivity index (χ4n) is 3.23. The van der Waals surface area contributed by atoms with E-state index in [1.165, 1.54) is 10.8 Å². The molecule has 0 unspecified atom stereocenters. The molecular formula is C18H12N2O. The quantitative estimate of drug-likeness (QED) is 0.377. The molecule has 3 N–H and O–H groups in total. The molecule has 0 saturated heterocycles. The van der Waals surface area contributed by atoms with Crippen molar-refractivity contribution < 1.29 is 5.11 Å². The Balaban J connectivity index is 2.02. The van der Waals surface area contributed by atoms with E-state index in [1.54, 1.807) is 6.07 Å². The van der Waals surface area contributed by atoms with Gasteiger partial charge in [-0.25, -0.2) is 0 Å². The molecule has 0 amide bonds. The van der Waals surface area contributed by atoms with Crippen LogP contribution in [0.5, 0.6) is 5.75 Å². The van der Waals surface area contributed by atoms with Crippen molar-refractivity contribution in [1.82, 2.24) is 9.97 Å². The van der Waals surface area contributed by atoms with Crippen LogP contribution in [0.3, 0.4) is 0 Å². The number of aromatic nitrogens is 2. The van der Waals surface area contributed by atoms with Gasteiger partial charge in [-0.3, -0.25) is 0 Å². The van der Waals surface area contributed by atoms with Crippen molar-refractivity contribution in [3.8, 4) is 5.75 Å². The number of H-pyrrole nitrogens is 2. The maximum absolute atomic E-state index is 9.71. The van der Waals surface area contributed by atoms with E-state index in [0.29, 0.717) is 5.75 Å². The molecule has 0 fully saturated rings. The van der Waals surface area contributed by atoms with E-state index in [9.17, 15) is 5.11 Å². The third-order valence-corrected chi connectivity index (χ3v) is 4.21. The Kier molecular flexibility index (Phi) is 1.84. The summed E-state index contributed by atoms with van der Waals surface area (Å²) in [5.74, 6) is 0.292. The van der Waals surface area contributed by atoms with Crippen molar-refractivity contribution >= 4 is 43.6 Å². The third kappa shape index (κ3) is 1.37. The average Bonchev–Trinajstić information content (AvgIpc) is 3.02. The summed E-state index contributed by atoms with van der Waals surface area (Å²) in [5, 5.41) is 14.3. The molecule has 0 spiro atoms. The first kappa shape index (κ1) is 10.8. The summed E-state index contributed by atoms with van der Waals surface area (Å²) in [6.45, 7) is 0. The highest BCUT2D eigenvalue weighted by Gasteiger charge is 2.09. The zero-order valence-electron chi connectivity index (χ0n) is 11.1. The number of phenols is 1. The van der Waals surface area contributed by atoms with Crippen LogP contribution in [-0.4, -0.2) is 15.1 Å². The lowest BCUT2D eigenvalue weighted by atomic mass is 10.1. The largest absolute Gasteiger partial charge is 0.508 e. The van der Waals surface area contributed by atoms with E-state index in [4.69, 9.17) is 0 Å². The summed E-state index contributed by atoms with van der Waals surface area (Å²) in [6.07, 6.45) is 0. The van der Waals surface area contributed by atoms with Crippen LogP contribution in [-0.2, 0) is 0 Å². The van der Waals surface area contributed by atoms with Gasteiger partial charge in [-0.2, -0.15) is 0 Å². The standard InChI is InChI=1S/C18H12N2O/c21-10-5-6-16-12(7-10)14-9-17-13(8-18(14)20-16)11-3-1-2-4-15(11)19-17/h1-9,19-21H. The number of rotatable bonds is 0. The molecule has 0 aliphatic heterocycles. The molecule has 5 rings (SSSR count). The highest BCUT2D eigenvalue weighted by molar-refractivity contribution is 6.17. The summed E-state index contributed by atoms with van der Waals surface area (Å²) in [4.78, 5) is 6.89. The van der Waals surface area contributed by atoms with Gasteiger partial charge in [0.1, 0.15) is 5.75 Å². The van der Waals surface area contributed by atoms with Gasteiger partial charge in [0.2, 0.25) is 0 Å². The lowest BCUT2D eigenvalue weighted by Gasteiger charge is -1.94. The summed E-state index contributed by atoms with van der Waals surface area (Å²) >= 11 is 0. The van der Waals surface area contributed by atoms with E-state index in [0.717, 1.165) is 32.8 Å². The first-order valence-electron chi connectivity index (χ1n) is 6.94. The second-order valence-corrected chi connectivity index (χ2v) is 5.47. The van der Waals surface area contributed by atoms with Gasteiger partial charge in [0.05, 0.1) is 0 Å². The van der Waals surface area contributed by atoms with Crippen LogP contribution >= 0.6 is 0 Å². The highest BCUT2D eigenvalue weighted by atomic mass is 16.3. The summed E-state index contributed by atoms with van der Waals surface area (Å²) in [5.41, 5.74) is 4.40. The van der Waals surface area contributed by atoms with Crippen LogP contribution in [0, 0.1) is 0 Å². The van der Waals surface area contributed by atoms with E-state index >= 15 is 0 Å². The molecule has 0 saturated carbocycles. The van der Waals surface area contributed by atoms with Gasteiger partial charge in [-0.15, -0.1) is 0 Å². The van der Waals surface area contributed by atoms with Crippen molar-refractivity contribution in [1.29, 1.82) is 0 Å². The average molecular weight is 272 g/mol. The van der Waals surface area contributed by atoms with Gasteiger partial charge in [0.25, 0.3) is 0 Å². The first-order valence-corrected chi connectivity index (χ1v) is 6.94. The Morgan fingerprint density at radius 1 is 0.571 bits per heavy atom. The van der Waals surface area contributed by atoms with Crippen LogP contribution in [0.4, 0.5) is 0 Å². The van der Waals surface area contributed by atoms with Crippen molar-refractivity contribution in [3.63, 3.8) is 0 Å². The van der Waals surface area contributed by atoms with E-state index in [-0.39, 0.29) is 0 Å². The first-order chi connectivity index (χ1) is 10.3. The van der Waals surface area contributed by atoms with Crippen molar-refractivity contribution in [2.45, 2.75) is 0 Å². The van der Waals surface area contributed by atoms with Gasteiger partial charge in [0, 0.05) is 43.6 Å². The third-order valence-electron chi connectivity index (χ3n) is 4.21. The maximum Gasteiger partial charge on any atom is 0.116 e. The van der Waals surface area contributed by atoms with Crippen molar-refractivity contribution in [3.05, 3.63) is 54.6 Å². The molecule has 2 heterocycles. The van der Waals surface area contributed by atoms with Crippen molar-refractivity contribution in [2.75, 3.05) is 0 Å². The Bertz CT molecular complexity index is 1150. The van der Waals surface area contributed by atoms with Gasteiger partial charge in [0.15, 0.2) is 0 Å². The molecule has 0 radical (unpaired) electrons. The monoisotopic (exact) mass is 272 g/mol. The van der Waals surface area contributed by atoms with E-state index in [1.807, 2.05) is 18.2 Å². The molecule has 2 aromatic heterocycles. The minimum absolute atomic E-state index is 0.292. The second kappa shape index (κ2) is 3.58. The molecule has 0 atom stereocenters. The lowest BCUT2D eigenvalue weighted by molar-refractivity contribution is 0.476. The maximum atomic E-state index is 9.71. The Morgan fingerprint density at radius 3 is 2.00 bits per heavy atom. The molecule has 0 bridgehead atoms. The normalized spacial score (nSPS) is 12.0. The second-order valence-electron chi connectivity index (χ2n) is 5.47. The molecule has 5 aromatic rings. The fourth-order valence-corrected chi connectivity index (χ4v) is 3.23. The molecule has 21 heavy (non-hydrogen) atoms. The van der Waals surface area contributed by atoms with Crippen LogP contribution in [0.1, 0.15) is 0 Å². The highest BCUT2D eigenvalue weighted by Crippen LogP contribution is 2.34. The molecular weight excluding hydrogens is 260 g/mol. The number of benzene rings is 3. The Morgan fingerprint density at radius 2 is 1.19 bits per heavy atom. The molecule has 3 heteroatoms. The zero-order chi connectivity index (χ0) is 14.0. The van der Waals surface area contributed by atoms with Gasteiger partial charge < -0.3 is 15.1 Å². The van der Waals surface area contributed by atoms with Gasteiger partial charge >= 0.3 is 0 Å². The van der Waals surface area contributed by atoms with Crippen LogP contribution < -0.4 is 0 Å².